The average Bonchev–Trinajstić information content (AvgIpc) is 2.30. The van der Waals surface area contributed by atoms with E-state index >= 15 is 0 Å². The number of hydrogen-bond donors (Lipinski definition) is 1. The third kappa shape index (κ3) is 1.24. The van der Waals surface area contributed by atoms with Gasteiger partial charge >= 0.3 is 0 Å². The van der Waals surface area contributed by atoms with Gasteiger partial charge in [0.05, 0.1) is 6.33 Å². The zero-order valence-corrected chi connectivity index (χ0v) is 6.88. The van der Waals surface area contributed by atoms with Crippen LogP contribution in [-0.4, -0.2) is 22.4 Å². The highest BCUT2D eigenvalue weighted by Gasteiger charge is 2.10. The number of nitrogens with zero attached hydrogens (tertiary/aromatic N) is 2. The molecule has 0 saturated heterocycles. The zero-order chi connectivity index (χ0) is 8.43. The van der Waals surface area contributed by atoms with Crippen LogP contribution in [-0.2, 0) is 7.05 Å². The molecule has 1 aromatic rings. The predicted molar refractivity (Wildman–Crippen MR) is 42.8 cm³/mol. The van der Waals surface area contributed by atoms with Gasteiger partial charge in [0.15, 0.2) is 11.6 Å². The molecule has 0 radical (unpaired) electrons. The fraction of sp³-hybridized carbons (Fsp3) is 0.429. The van der Waals surface area contributed by atoms with Crippen molar-refractivity contribution in [3.63, 3.8) is 0 Å². The first-order valence-corrected chi connectivity index (χ1v) is 3.36. The molecule has 11 heavy (non-hydrogen) atoms. The molecule has 0 fully saturated rings. The summed E-state index contributed by atoms with van der Waals surface area (Å²) < 4.78 is 1.70. The fourth-order valence-corrected chi connectivity index (χ4v) is 1.03. The summed E-state index contributed by atoms with van der Waals surface area (Å²) in [5, 5.41) is 2.84. The molecule has 0 bridgehead atoms. The number of imidazole rings is 1. The van der Waals surface area contributed by atoms with E-state index in [-0.39, 0.29) is 5.78 Å². The van der Waals surface area contributed by atoms with Crippen LogP contribution in [0.3, 0.4) is 0 Å². The fourth-order valence-electron chi connectivity index (χ4n) is 1.03. The molecule has 0 aromatic carbocycles. The third-order valence-electron chi connectivity index (χ3n) is 1.51. The van der Waals surface area contributed by atoms with E-state index in [0.717, 1.165) is 0 Å². The van der Waals surface area contributed by atoms with Crippen molar-refractivity contribution < 1.29 is 4.79 Å². The van der Waals surface area contributed by atoms with Crippen molar-refractivity contribution in [2.75, 3.05) is 12.4 Å². The maximum Gasteiger partial charge on any atom is 0.179 e. The predicted octanol–water partition coefficient (Wildman–Crippen LogP) is 0.664. The molecule has 1 N–H and O–H groups in total. The molecule has 1 heterocycles. The number of aromatic nitrogens is 2. The van der Waals surface area contributed by atoms with Crippen molar-refractivity contribution in [2.45, 2.75) is 6.92 Å². The van der Waals surface area contributed by atoms with Crippen LogP contribution < -0.4 is 5.32 Å². The second-order valence-corrected chi connectivity index (χ2v) is 2.36. The number of ketones is 1. The van der Waals surface area contributed by atoms with E-state index in [0.29, 0.717) is 11.5 Å². The maximum atomic E-state index is 11.0. The number of carbonyl (C=O) groups excluding carboxylic acids is 1. The Hall–Kier alpha value is -1.32. The minimum absolute atomic E-state index is 0.0225. The van der Waals surface area contributed by atoms with Crippen LogP contribution >= 0.6 is 0 Å². The molecule has 4 nitrogen and oxygen atoms in total. The van der Waals surface area contributed by atoms with Crippen LogP contribution in [0.5, 0.6) is 0 Å². The highest BCUT2D eigenvalue weighted by Crippen LogP contribution is 2.11. The second-order valence-electron chi connectivity index (χ2n) is 2.36. The summed E-state index contributed by atoms with van der Waals surface area (Å²) in [6, 6.07) is 0. The quantitative estimate of drug-likeness (QED) is 0.635. The lowest BCUT2D eigenvalue weighted by Crippen LogP contribution is -2.04. The second kappa shape index (κ2) is 2.74. The third-order valence-corrected chi connectivity index (χ3v) is 1.51. The van der Waals surface area contributed by atoms with Gasteiger partial charge in [-0.25, -0.2) is 4.98 Å². The summed E-state index contributed by atoms with van der Waals surface area (Å²) >= 11 is 0. The number of hydrogen-bond acceptors (Lipinski definition) is 3. The normalized spacial score (nSPS) is 9.73. The largest absolute Gasteiger partial charge is 0.371 e. The summed E-state index contributed by atoms with van der Waals surface area (Å²) in [5.41, 5.74) is 0.618. The van der Waals surface area contributed by atoms with Gasteiger partial charge < -0.3 is 9.88 Å². The summed E-state index contributed by atoms with van der Waals surface area (Å²) in [7, 11) is 3.54. The van der Waals surface area contributed by atoms with E-state index in [9.17, 15) is 4.79 Å². The van der Waals surface area contributed by atoms with Gasteiger partial charge in [-0.05, 0) is 0 Å². The standard InChI is InChI=1S/C7H11N3O/c1-5(11)6-7(8-2)9-4-10(6)3/h4,8H,1-3H3. The van der Waals surface area contributed by atoms with Crippen molar-refractivity contribution in [1.82, 2.24) is 9.55 Å². The SMILES string of the molecule is CNc1ncn(C)c1C(C)=O. The van der Waals surface area contributed by atoms with E-state index < -0.39 is 0 Å². The van der Waals surface area contributed by atoms with Gasteiger partial charge in [-0.1, -0.05) is 0 Å². The van der Waals surface area contributed by atoms with Crippen molar-refractivity contribution >= 4 is 11.6 Å². The van der Waals surface area contributed by atoms with E-state index in [2.05, 4.69) is 10.3 Å². The van der Waals surface area contributed by atoms with Crippen molar-refractivity contribution in [3.8, 4) is 0 Å². The van der Waals surface area contributed by atoms with Gasteiger partial charge in [-0.15, -0.1) is 0 Å². The lowest BCUT2D eigenvalue weighted by molar-refractivity contribution is 0.101. The molecule has 0 saturated carbocycles. The van der Waals surface area contributed by atoms with Gasteiger partial charge in [-0.2, -0.15) is 0 Å². The van der Waals surface area contributed by atoms with Crippen molar-refractivity contribution in [2.24, 2.45) is 7.05 Å². The number of anilines is 1. The Labute approximate surface area is 65.2 Å². The van der Waals surface area contributed by atoms with Gasteiger partial charge in [0.1, 0.15) is 5.69 Å². The van der Waals surface area contributed by atoms with E-state index in [4.69, 9.17) is 0 Å². The molecule has 4 heteroatoms. The molecule has 1 aromatic heterocycles. The first-order valence-electron chi connectivity index (χ1n) is 3.36. The summed E-state index contributed by atoms with van der Waals surface area (Å²) in [5.74, 6) is 0.661. The van der Waals surface area contributed by atoms with Crippen LogP contribution in [0.25, 0.3) is 0 Å². The molecule has 1 rings (SSSR count). The lowest BCUT2D eigenvalue weighted by Gasteiger charge is -1.99. The molecule has 0 spiro atoms. The van der Waals surface area contributed by atoms with Crippen molar-refractivity contribution in [1.29, 1.82) is 0 Å². The Morgan fingerprint density at radius 2 is 2.36 bits per heavy atom. The number of nitrogens with one attached hydrogen (secondary N) is 1. The van der Waals surface area contributed by atoms with Gasteiger partial charge in [0.2, 0.25) is 0 Å². The van der Waals surface area contributed by atoms with E-state index in [1.165, 1.54) is 6.92 Å². The monoisotopic (exact) mass is 153 g/mol. The molecular weight excluding hydrogens is 142 g/mol. The van der Waals surface area contributed by atoms with Crippen LogP contribution in [0, 0.1) is 0 Å². The first kappa shape index (κ1) is 7.78. The van der Waals surface area contributed by atoms with Gasteiger partial charge in [0, 0.05) is 21.0 Å². The van der Waals surface area contributed by atoms with E-state index in [1.807, 2.05) is 0 Å². The molecule has 0 aliphatic heterocycles. The number of Topliss-reactive ketones (excluding diaryl/α,β-unsaturated/α-hetero) is 1. The molecular formula is C7H11N3O. The Balaban J connectivity index is 3.17. The Morgan fingerprint density at radius 1 is 1.73 bits per heavy atom. The van der Waals surface area contributed by atoms with Gasteiger partial charge in [0.25, 0.3) is 0 Å². The highest BCUT2D eigenvalue weighted by atomic mass is 16.1. The minimum Gasteiger partial charge on any atom is -0.371 e. The van der Waals surface area contributed by atoms with Crippen LogP contribution in [0.4, 0.5) is 5.82 Å². The summed E-state index contributed by atoms with van der Waals surface area (Å²) in [6.07, 6.45) is 1.61. The minimum atomic E-state index is 0.0225. The van der Waals surface area contributed by atoms with Crippen molar-refractivity contribution in [3.05, 3.63) is 12.0 Å². The Morgan fingerprint density at radius 3 is 2.73 bits per heavy atom. The van der Waals surface area contributed by atoms with Crippen LogP contribution in [0.1, 0.15) is 17.4 Å². The molecule has 60 valence electrons. The maximum absolute atomic E-state index is 11.0. The number of aryl methyl sites for hydroxylation is 1. The Bertz CT molecular complexity index is 277. The van der Waals surface area contributed by atoms with E-state index in [1.54, 1.807) is 25.0 Å². The summed E-state index contributed by atoms with van der Waals surface area (Å²) in [6.45, 7) is 1.53. The molecule has 0 atom stereocenters. The topological polar surface area (TPSA) is 46.9 Å². The molecule has 0 unspecified atom stereocenters. The smallest absolute Gasteiger partial charge is 0.179 e. The van der Waals surface area contributed by atoms with Gasteiger partial charge in [-0.3, -0.25) is 4.79 Å². The molecule has 0 aliphatic rings. The average molecular weight is 153 g/mol. The number of carbonyl (C=O) groups is 1. The highest BCUT2D eigenvalue weighted by molar-refractivity contribution is 5.97. The summed E-state index contributed by atoms with van der Waals surface area (Å²) in [4.78, 5) is 15.0. The molecule has 0 aliphatic carbocycles. The number of rotatable bonds is 2. The molecule has 0 amide bonds. The van der Waals surface area contributed by atoms with Crippen LogP contribution in [0.2, 0.25) is 0 Å². The van der Waals surface area contributed by atoms with Crippen LogP contribution in [0.15, 0.2) is 6.33 Å². The first-order chi connectivity index (χ1) is 5.16. The zero-order valence-electron chi connectivity index (χ0n) is 6.88. The Kier molecular flexibility index (Phi) is 1.94. The lowest BCUT2D eigenvalue weighted by atomic mass is 10.3.